The van der Waals surface area contributed by atoms with E-state index in [0.29, 0.717) is 12.6 Å². The summed E-state index contributed by atoms with van der Waals surface area (Å²) >= 11 is 0. The molecule has 0 heterocycles. The van der Waals surface area contributed by atoms with Crippen LogP contribution in [0.25, 0.3) is 0 Å². The molecule has 0 bridgehead atoms. The average Bonchev–Trinajstić information content (AvgIpc) is 2.72. The van der Waals surface area contributed by atoms with Gasteiger partial charge in [-0.25, -0.2) is 0 Å². The Hall–Kier alpha value is -0.0800. The molecule has 0 aromatic rings. The van der Waals surface area contributed by atoms with Crippen molar-refractivity contribution in [3.05, 3.63) is 0 Å². The topological polar surface area (TPSA) is 32.3 Å². The molecule has 2 heteroatoms. The van der Waals surface area contributed by atoms with Gasteiger partial charge in [0.2, 0.25) is 0 Å². The highest BCUT2D eigenvalue weighted by Gasteiger charge is 2.33. The van der Waals surface area contributed by atoms with Crippen LogP contribution in [0.3, 0.4) is 0 Å². The lowest BCUT2D eigenvalue weighted by Crippen LogP contribution is -2.40. The normalized spacial score (nSPS) is 33.5. The molecule has 2 nitrogen and oxygen atoms in total. The second kappa shape index (κ2) is 6.19. The molecular weight excluding hydrogens is 210 g/mol. The number of hydrogen-bond acceptors (Lipinski definition) is 2. The van der Waals surface area contributed by atoms with Crippen LogP contribution in [-0.4, -0.2) is 24.3 Å². The van der Waals surface area contributed by atoms with Gasteiger partial charge in [-0.1, -0.05) is 32.6 Å². The van der Waals surface area contributed by atoms with Crippen LogP contribution in [0.5, 0.6) is 0 Å². The van der Waals surface area contributed by atoms with Gasteiger partial charge in [0.15, 0.2) is 0 Å². The van der Waals surface area contributed by atoms with Crippen LogP contribution in [0.4, 0.5) is 0 Å². The van der Waals surface area contributed by atoms with E-state index in [1.807, 2.05) is 0 Å². The molecule has 2 rings (SSSR count). The first kappa shape index (κ1) is 13.4. The van der Waals surface area contributed by atoms with Gasteiger partial charge in [-0.15, -0.1) is 0 Å². The summed E-state index contributed by atoms with van der Waals surface area (Å²) in [7, 11) is 0. The largest absolute Gasteiger partial charge is 0.396 e. The fraction of sp³-hybridized carbons (Fsp3) is 1.00. The quantitative estimate of drug-likeness (QED) is 0.739. The van der Waals surface area contributed by atoms with Crippen molar-refractivity contribution >= 4 is 0 Å². The minimum atomic E-state index is 0.220. The van der Waals surface area contributed by atoms with Gasteiger partial charge in [-0.2, -0.15) is 0 Å². The van der Waals surface area contributed by atoms with Crippen molar-refractivity contribution in [2.45, 2.75) is 70.8 Å². The van der Waals surface area contributed by atoms with Crippen molar-refractivity contribution in [3.63, 3.8) is 0 Å². The van der Waals surface area contributed by atoms with E-state index in [-0.39, 0.29) is 5.41 Å². The average molecular weight is 239 g/mol. The first-order chi connectivity index (χ1) is 8.24. The molecule has 0 radical (unpaired) electrons. The lowest BCUT2D eigenvalue weighted by molar-refractivity contribution is 0.123. The van der Waals surface area contributed by atoms with Crippen molar-refractivity contribution in [3.8, 4) is 0 Å². The smallest absolute Gasteiger partial charge is 0.0499 e. The predicted molar refractivity (Wildman–Crippen MR) is 72.0 cm³/mol. The molecule has 17 heavy (non-hydrogen) atoms. The lowest BCUT2D eigenvalue weighted by Gasteiger charge is -2.29. The van der Waals surface area contributed by atoms with Gasteiger partial charge < -0.3 is 10.4 Å². The summed E-state index contributed by atoms with van der Waals surface area (Å²) < 4.78 is 0. The van der Waals surface area contributed by atoms with E-state index in [4.69, 9.17) is 0 Å². The molecule has 2 unspecified atom stereocenters. The van der Waals surface area contributed by atoms with Gasteiger partial charge in [0.1, 0.15) is 0 Å². The number of nitrogens with one attached hydrogen (secondary N) is 1. The van der Waals surface area contributed by atoms with Crippen LogP contribution in [0.1, 0.15) is 64.7 Å². The van der Waals surface area contributed by atoms with Crippen molar-refractivity contribution in [1.82, 2.24) is 5.32 Å². The van der Waals surface area contributed by atoms with Crippen molar-refractivity contribution in [2.75, 3.05) is 13.2 Å². The van der Waals surface area contributed by atoms with E-state index in [2.05, 4.69) is 12.2 Å². The zero-order valence-corrected chi connectivity index (χ0v) is 11.4. The molecule has 0 amide bonds. The summed E-state index contributed by atoms with van der Waals surface area (Å²) in [6.07, 6.45) is 11.9. The first-order valence-electron chi connectivity index (χ1n) is 7.58. The molecule has 0 spiro atoms. The Bertz CT molecular complexity index is 223. The lowest BCUT2D eigenvalue weighted by atomic mass is 9.86. The molecule has 0 aliphatic heterocycles. The molecule has 0 aromatic carbocycles. The van der Waals surface area contributed by atoms with Gasteiger partial charge in [-0.05, 0) is 38.0 Å². The number of aliphatic hydroxyl groups excluding tert-OH is 1. The Morgan fingerprint density at radius 2 is 1.82 bits per heavy atom. The Morgan fingerprint density at radius 1 is 1.06 bits per heavy atom. The highest BCUT2D eigenvalue weighted by Crippen LogP contribution is 2.37. The second-order valence-electron chi connectivity index (χ2n) is 6.56. The molecule has 0 aromatic heterocycles. The van der Waals surface area contributed by atoms with Crippen molar-refractivity contribution in [1.29, 1.82) is 0 Å². The molecule has 2 aliphatic rings. The third kappa shape index (κ3) is 3.69. The molecule has 100 valence electrons. The maximum Gasteiger partial charge on any atom is 0.0499 e. The van der Waals surface area contributed by atoms with Crippen LogP contribution in [0, 0.1) is 11.3 Å². The van der Waals surface area contributed by atoms with E-state index >= 15 is 0 Å². The van der Waals surface area contributed by atoms with E-state index in [9.17, 15) is 5.11 Å². The van der Waals surface area contributed by atoms with Gasteiger partial charge in [0, 0.05) is 24.6 Å². The zero-order chi connectivity index (χ0) is 12.1. The molecule has 2 N–H and O–H groups in total. The van der Waals surface area contributed by atoms with Crippen LogP contribution in [0.2, 0.25) is 0 Å². The standard InChI is InChI=1S/C15H29NO/c1-13-5-4-6-14(8-7-13)16-11-15(12-17)9-2-3-10-15/h13-14,16-17H,2-12H2,1H3. The third-order valence-corrected chi connectivity index (χ3v) is 5.02. The fourth-order valence-corrected chi connectivity index (χ4v) is 3.57. The SMILES string of the molecule is CC1CCCC(NCC2(CO)CCCC2)CC1. The molecule has 2 aliphatic carbocycles. The summed E-state index contributed by atoms with van der Waals surface area (Å²) in [4.78, 5) is 0. The maximum atomic E-state index is 9.60. The van der Waals surface area contributed by atoms with Crippen LogP contribution in [-0.2, 0) is 0 Å². The Kier molecular flexibility index (Phi) is 4.87. The van der Waals surface area contributed by atoms with E-state index in [1.165, 1.54) is 57.8 Å². The van der Waals surface area contributed by atoms with Gasteiger partial charge in [0.05, 0.1) is 0 Å². The van der Waals surface area contributed by atoms with Crippen molar-refractivity contribution in [2.24, 2.45) is 11.3 Å². The summed E-state index contributed by atoms with van der Waals surface area (Å²) in [5, 5.41) is 13.4. The second-order valence-corrected chi connectivity index (χ2v) is 6.56. The number of aliphatic hydroxyl groups is 1. The predicted octanol–water partition coefficient (Wildman–Crippen LogP) is 3.10. The monoisotopic (exact) mass is 239 g/mol. The van der Waals surface area contributed by atoms with Crippen LogP contribution in [0.15, 0.2) is 0 Å². The summed E-state index contributed by atoms with van der Waals surface area (Å²) in [5.74, 6) is 0.917. The maximum absolute atomic E-state index is 9.60. The van der Waals surface area contributed by atoms with Gasteiger partial charge in [0.25, 0.3) is 0 Å². The van der Waals surface area contributed by atoms with Crippen LogP contribution < -0.4 is 5.32 Å². The summed E-state index contributed by atoms with van der Waals surface area (Å²) in [5.41, 5.74) is 0.220. The molecular formula is C15H29NO. The minimum absolute atomic E-state index is 0.220. The zero-order valence-electron chi connectivity index (χ0n) is 11.4. The highest BCUT2D eigenvalue weighted by molar-refractivity contribution is 4.87. The highest BCUT2D eigenvalue weighted by atomic mass is 16.3. The van der Waals surface area contributed by atoms with E-state index < -0.39 is 0 Å². The van der Waals surface area contributed by atoms with Gasteiger partial charge in [-0.3, -0.25) is 0 Å². The molecule has 2 saturated carbocycles. The Morgan fingerprint density at radius 3 is 2.53 bits per heavy atom. The minimum Gasteiger partial charge on any atom is -0.396 e. The Balaban J connectivity index is 1.76. The van der Waals surface area contributed by atoms with E-state index in [0.717, 1.165) is 12.5 Å². The first-order valence-corrected chi connectivity index (χ1v) is 7.58. The third-order valence-electron chi connectivity index (χ3n) is 5.02. The summed E-state index contributed by atoms with van der Waals surface area (Å²) in [6.45, 7) is 3.81. The fourth-order valence-electron chi connectivity index (χ4n) is 3.57. The number of rotatable bonds is 4. The molecule has 2 fully saturated rings. The van der Waals surface area contributed by atoms with Crippen molar-refractivity contribution < 1.29 is 5.11 Å². The number of hydrogen-bond donors (Lipinski definition) is 2. The van der Waals surface area contributed by atoms with Crippen LogP contribution >= 0.6 is 0 Å². The molecule has 0 saturated heterocycles. The Labute approximate surface area is 106 Å². The summed E-state index contributed by atoms with van der Waals surface area (Å²) in [6, 6.07) is 0.712. The molecule has 2 atom stereocenters. The van der Waals surface area contributed by atoms with Gasteiger partial charge >= 0.3 is 0 Å². The van der Waals surface area contributed by atoms with E-state index in [1.54, 1.807) is 0 Å².